The highest BCUT2D eigenvalue weighted by molar-refractivity contribution is 6.30. The Kier molecular flexibility index (Phi) is 5.15. The molecule has 1 atom stereocenters. The van der Waals surface area contributed by atoms with Gasteiger partial charge in [0.15, 0.2) is 0 Å². The van der Waals surface area contributed by atoms with Crippen LogP contribution in [0.1, 0.15) is 11.7 Å². The van der Waals surface area contributed by atoms with Crippen molar-refractivity contribution in [2.75, 3.05) is 45.9 Å². The quantitative estimate of drug-likeness (QED) is 0.880. The minimum Gasteiger partial charge on any atom is -0.371 e. The first-order valence-electron chi connectivity index (χ1n) is 7.76. The molecule has 6 nitrogen and oxygen atoms in total. The van der Waals surface area contributed by atoms with E-state index in [-0.39, 0.29) is 24.5 Å². The third-order valence-corrected chi connectivity index (χ3v) is 4.39. The maximum atomic E-state index is 12.3. The molecule has 3 rings (SSSR count). The maximum Gasteiger partial charge on any atom is 0.239 e. The van der Waals surface area contributed by atoms with Gasteiger partial charge in [-0.25, -0.2) is 0 Å². The summed E-state index contributed by atoms with van der Waals surface area (Å²) in [5, 5.41) is 3.42. The minimum absolute atomic E-state index is 0.00314. The molecule has 1 N–H and O–H groups in total. The van der Waals surface area contributed by atoms with Gasteiger partial charge in [-0.1, -0.05) is 23.7 Å². The zero-order valence-corrected chi connectivity index (χ0v) is 13.6. The van der Waals surface area contributed by atoms with E-state index in [2.05, 4.69) is 10.2 Å². The van der Waals surface area contributed by atoms with Crippen LogP contribution >= 0.6 is 11.6 Å². The van der Waals surface area contributed by atoms with Crippen molar-refractivity contribution < 1.29 is 14.3 Å². The van der Waals surface area contributed by atoms with Crippen LogP contribution in [0.25, 0.3) is 0 Å². The zero-order valence-electron chi connectivity index (χ0n) is 12.8. The molecule has 0 spiro atoms. The van der Waals surface area contributed by atoms with Crippen LogP contribution in [0.3, 0.4) is 0 Å². The van der Waals surface area contributed by atoms with E-state index in [0.29, 0.717) is 37.8 Å². The van der Waals surface area contributed by atoms with E-state index in [1.54, 1.807) is 4.90 Å². The highest BCUT2D eigenvalue weighted by atomic mass is 35.5. The molecular weight excluding hydrogens is 318 g/mol. The number of carbonyl (C=O) groups excluding carboxylic acids is 2. The molecule has 0 unspecified atom stereocenters. The number of hydrogen-bond donors (Lipinski definition) is 1. The van der Waals surface area contributed by atoms with Gasteiger partial charge in [-0.15, -0.1) is 0 Å². The van der Waals surface area contributed by atoms with Crippen LogP contribution in [-0.2, 0) is 14.3 Å². The van der Waals surface area contributed by atoms with E-state index in [1.165, 1.54) is 0 Å². The van der Waals surface area contributed by atoms with Gasteiger partial charge in [0.25, 0.3) is 0 Å². The van der Waals surface area contributed by atoms with E-state index >= 15 is 0 Å². The van der Waals surface area contributed by atoms with E-state index < -0.39 is 0 Å². The Morgan fingerprint density at radius 3 is 2.83 bits per heavy atom. The second kappa shape index (κ2) is 7.29. The van der Waals surface area contributed by atoms with Gasteiger partial charge in [0.05, 0.1) is 25.8 Å². The lowest BCUT2D eigenvalue weighted by Crippen LogP contribution is -2.53. The molecule has 0 radical (unpaired) electrons. The van der Waals surface area contributed by atoms with Crippen LogP contribution in [0, 0.1) is 0 Å². The lowest BCUT2D eigenvalue weighted by atomic mass is 10.1. The maximum absolute atomic E-state index is 12.3. The number of hydrogen-bond acceptors (Lipinski definition) is 4. The predicted octanol–water partition coefficient (Wildman–Crippen LogP) is 0.672. The van der Waals surface area contributed by atoms with Crippen LogP contribution in [0.5, 0.6) is 0 Å². The Labute approximate surface area is 140 Å². The number of rotatable bonds is 3. The summed E-state index contributed by atoms with van der Waals surface area (Å²) in [5.41, 5.74) is 1.06. The van der Waals surface area contributed by atoms with Crippen molar-refractivity contribution in [3.63, 3.8) is 0 Å². The molecule has 0 aromatic heterocycles. The van der Waals surface area contributed by atoms with Crippen LogP contribution < -0.4 is 5.32 Å². The molecule has 23 heavy (non-hydrogen) atoms. The first-order chi connectivity index (χ1) is 11.1. The number of nitrogens with one attached hydrogen (secondary N) is 1. The number of nitrogens with zero attached hydrogens (tertiary/aromatic N) is 2. The Bertz CT molecular complexity index is 578. The van der Waals surface area contributed by atoms with Gasteiger partial charge < -0.3 is 15.0 Å². The summed E-state index contributed by atoms with van der Waals surface area (Å²) in [6, 6.07) is 7.59. The van der Waals surface area contributed by atoms with Gasteiger partial charge in [-0.05, 0) is 17.7 Å². The van der Waals surface area contributed by atoms with Crippen molar-refractivity contribution >= 4 is 23.4 Å². The predicted molar refractivity (Wildman–Crippen MR) is 86.2 cm³/mol. The van der Waals surface area contributed by atoms with Gasteiger partial charge in [0, 0.05) is 31.2 Å². The summed E-state index contributed by atoms with van der Waals surface area (Å²) in [6.07, 6.45) is -0.0570. The Hall–Kier alpha value is -1.63. The standard InChI is InChI=1S/C16H20ClN3O3/c17-13-3-1-12(2-4-13)14-9-19(7-8-23-14)11-16(22)20-6-5-18-15(21)10-20/h1-4,14H,5-11H2,(H,18,21)/t14-/m1/s1. The Morgan fingerprint density at radius 2 is 2.09 bits per heavy atom. The fourth-order valence-electron chi connectivity index (χ4n) is 2.87. The molecule has 0 bridgehead atoms. The number of piperazine rings is 1. The third-order valence-electron chi connectivity index (χ3n) is 4.14. The van der Waals surface area contributed by atoms with Crippen molar-refractivity contribution in [2.45, 2.75) is 6.10 Å². The number of carbonyl (C=O) groups is 2. The normalized spacial score (nSPS) is 22.7. The molecule has 2 fully saturated rings. The van der Waals surface area contributed by atoms with Gasteiger partial charge in [-0.3, -0.25) is 14.5 Å². The van der Waals surface area contributed by atoms with Crippen LogP contribution in [-0.4, -0.2) is 67.5 Å². The number of benzene rings is 1. The summed E-state index contributed by atoms with van der Waals surface area (Å²) in [7, 11) is 0. The SMILES string of the molecule is O=C1CN(C(=O)CN2CCO[C@@H](c3ccc(Cl)cc3)C2)CCN1. The lowest BCUT2D eigenvalue weighted by molar-refractivity contribution is -0.140. The lowest BCUT2D eigenvalue weighted by Gasteiger charge is -2.34. The number of amides is 2. The summed E-state index contributed by atoms with van der Waals surface area (Å²) < 4.78 is 5.80. The number of halogens is 1. The topological polar surface area (TPSA) is 61.9 Å². The highest BCUT2D eigenvalue weighted by Crippen LogP contribution is 2.23. The smallest absolute Gasteiger partial charge is 0.239 e. The minimum atomic E-state index is -0.0920. The molecule has 0 saturated carbocycles. The van der Waals surface area contributed by atoms with Gasteiger partial charge >= 0.3 is 0 Å². The van der Waals surface area contributed by atoms with Crippen molar-refractivity contribution in [3.05, 3.63) is 34.9 Å². The summed E-state index contributed by atoms with van der Waals surface area (Å²) in [5.74, 6) is -0.0952. The van der Waals surface area contributed by atoms with Gasteiger partial charge in [-0.2, -0.15) is 0 Å². The summed E-state index contributed by atoms with van der Waals surface area (Å²) in [6.45, 7) is 3.55. The van der Waals surface area contributed by atoms with Crippen LogP contribution in [0.2, 0.25) is 5.02 Å². The summed E-state index contributed by atoms with van der Waals surface area (Å²) >= 11 is 5.91. The summed E-state index contributed by atoms with van der Waals surface area (Å²) in [4.78, 5) is 27.4. The number of ether oxygens (including phenoxy) is 1. The van der Waals surface area contributed by atoms with E-state index in [4.69, 9.17) is 16.3 Å². The second-order valence-corrected chi connectivity index (χ2v) is 6.25. The molecule has 7 heteroatoms. The second-order valence-electron chi connectivity index (χ2n) is 5.81. The number of morpholine rings is 1. The first-order valence-corrected chi connectivity index (χ1v) is 8.13. The van der Waals surface area contributed by atoms with Gasteiger partial charge in [0.2, 0.25) is 11.8 Å². The molecule has 2 amide bonds. The van der Waals surface area contributed by atoms with E-state index in [1.807, 2.05) is 24.3 Å². The largest absolute Gasteiger partial charge is 0.371 e. The van der Waals surface area contributed by atoms with Crippen molar-refractivity contribution in [3.8, 4) is 0 Å². The van der Waals surface area contributed by atoms with Crippen molar-refractivity contribution in [1.29, 1.82) is 0 Å². The van der Waals surface area contributed by atoms with Crippen LogP contribution in [0.15, 0.2) is 24.3 Å². The average Bonchev–Trinajstić information content (AvgIpc) is 2.56. The molecule has 124 valence electrons. The van der Waals surface area contributed by atoms with Crippen molar-refractivity contribution in [2.24, 2.45) is 0 Å². The van der Waals surface area contributed by atoms with Crippen molar-refractivity contribution in [1.82, 2.24) is 15.1 Å². The average molecular weight is 338 g/mol. The van der Waals surface area contributed by atoms with Gasteiger partial charge in [0.1, 0.15) is 0 Å². The zero-order chi connectivity index (χ0) is 16.2. The molecule has 2 saturated heterocycles. The third kappa shape index (κ3) is 4.22. The molecular formula is C16H20ClN3O3. The molecule has 2 heterocycles. The first kappa shape index (κ1) is 16.2. The van der Waals surface area contributed by atoms with Crippen LogP contribution in [0.4, 0.5) is 0 Å². The Morgan fingerprint density at radius 1 is 1.30 bits per heavy atom. The van der Waals surface area contributed by atoms with E-state index in [9.17, 15) is 9.59 Å². The molecule has 2 aliphatic heterocycles. The van der Waals surface area contributed by atoms with E-state index in [0.717, 1.165) is 12.1 Å². The molecule has 0 aliphatic carbocycles. The monoisotopic (exact) mass is 337 g/mol. The fraction of sp³-hybridized carbons (Fsp3) is 0.500. The highest BCUT2D eigenvalue weighted by Gasteiger charge is 2.27. The molecule has 1 aromatic carbocycles. The molecule has 1 aromatic rings. The Balaban J connectivity index is 1.57. The molecule has 2 aliphatic rings. The fourth-order valence-corrected chi connectivity index (χ4v) is 2.99.